The molecule has 0 bridgehead atoms. The average Bonchev–Trinajstić information content (AvgIpc) is 2.50. The van der Waals surface area contributed by atoms with Gasteiger partial charge in [0.1, 0.15) is 0 Å². The van der Waals surface area contributed by atoms with Gasteiger partial charge in [-0.1, -0.05) is 38.1 Å². The molecule has 0 aliphatic rings. The first kappa shape index (κ1) is 16.6. The number of aryl methyl sites for hydroxylation is 2. The maximum Gasteiger partial charge on any atom is 0.0521 e. The van der Waals surface area contributed by atoms with E-state index in [1.165, 1.54) is 23.2 Å². The van der Waals surface area contributed by atoms with Crippen LogP contribution in [-0.4, -0.2) is 0 Å². The highest BCUT2D eigenvalue weighted by Crippen LogP contribution is 2.17. The van der Waals surface area contributed by atoms with Crippen LogP contribution in [0.3, 0.4) is 0 Å². The Kier molecular flexibility index (Phi) is 7.80. The third-order valence-electron chi connectivity index (χ3n) is 2.86. The molecule has 0 saturated heterocycles. The van der Waals surface area contributed by atoms with Gasteiger partial charge in [0, 0.05) is 10.6 Å². The van der Waals surface area contributed by atoms with Crippen LogP contribution in [0.1, 0.15) is 25.0 Å². The zero-order valence-electron chi connectivity index (χ0n) is 12.0. The van der Waals surface area contributed by atoms with E-state index in [0.29, 0.717) is 0 Å². The third-order valence-corrected chi connectivity index (χ3v) is 3.42. The number of benzene rings is 2. The van der Waals surface area contributed by atoms with Gasteiger partial charge in [-0.15, -0.1) is 0 Å². The van der Waals surface area contributed by atoms with Gasteiger partial charge in [0.2, 0.25) is 0 Å². The lowest BCUT2D eigenvalue weighted by Crippen LogP contribution is -1.87. The van der Waals surface area contributed by atoms with Gasteiger partial charge in [0.05, 0.1) is 12.0 Å². The molecule has 0 aliphatic carbocycles. The van der Waals surface area contributed by atoms with E-state index in [-0.39, 0.29) is 0 Å². The first-order valence-corrected chi connectivity index (χ1v) is 7.40. The molecule has 0 aromatic heterocycles. The summed E-state index contributed by atoms with van der Waals surface area (Å²) in [6, 6.07) is 16.1. The molecule has 0 aliphatic heterocycles. The molecule has 0 unspecified atom stereocenters. The van der Waals surface area contributed by atoms with Gasteiger partial charge in [-0.2, -0.15) is 0 Å². The summed E-state index contributed by atoms with van der Waals surface area (Å²) in [4.78, 5) is 1.03. The van der Waals surface area contributed by atoms with Crippen LogP contribution < -0.4 is 11.6 Å². The smallest absolute Gasteiger partial charge is 0.0521 e. The summed E-state index contributed by atoms with van der Waals surface area (Å²) >= 11 is 1.17. The van der Waals surface area contributed by atoms with Crippen molar-refractivity contribution in [2.45, 2.75) is 31.6 Å². The van der Waals surface area contributed by atoms with E-state index in [0.717, 1.165) is 23.4 Å². The third kappa shape index (κ3) is 6.10. The fourth-order valence-electron chi connectivity index (χ4n) is 1.59. The molecule has 2 rings (SSSR count). The van der Waals surface area contributed by atoms with Crippen molar-refractivity contribution in [1.82, 2.24) is 0 Å². The Balaban J connectivity index is 0.000000204. The summed E-state index contributed by atoms with van der Waals surface area (Å²) in [7, 11) is 0. The standard InChI is InChI=1S/C8H11NOS.C8H11N/c1-2-7-3-5-8(6-4-7)11-10-9;1-2-7-3-5-8(9)6-4-7/h3-6H,2,9H2,1H3;3-6H,2,9H2,1H3. The number of anilines is 1. The second-order valence-corrected chi connectivity index (χ2v) is 5.10. The topological polar surface area (TPSA) is 61.3 Å². The van der Waals surface area contributed by atoms with Crippen molar-refractivity contribution in [3.8, 4) is 0 Å². The molecule has 20 heavy (non-hydrogen) atoms. The molecule has 108 valence electrons. The Morgan fingerprint density at radius 3 is 1.70 bits per heavy atom. The largest absolute Gasteiger partial charge is 0.399 e. The molecule has 0 spiro atoms. The summed E-state index contributed by atoms with van der Waals surface area (Å²) in [6.45, 7) is 4.26. The number of nitrogens with two attached hydrogens (primary N) is 2. The number of nitrogen functional groups attached to an aromatic ring is 1. The highest BCUT2D eigenvalue weighted by atomic mass is 32.2. The van der Waals surface area contributed by atoms with E-state index >= 15 is 0 Å². The second-order valence-electron chi connectivity index (χ2n) is 4.27. The minimum absolute atomic E-state index is 0.840. The summed E-state index contributed by atoms with van der Waals surface area (Å²) in [5.41, 5.74) is 8.98. The van der Waals surface area contributed by atoms with E-state index < -0.39 is 0 Å². The average molecular weight is 290 g/mol. The Bertz CT molecular complexity index is 483. The van der Waals surface area contributed by atoms with E-state index in [1.54, 1.807) is 0 Å². The van der Waals surface area contributed by atoms with Gasteiger partial charge >= 0.3 is 0 Å². The second kappa shape index (κ2) is 9.42. The predicted molar refractivity (Wildman–Crippen MR) is 87.2 cm³/mol. The van der Waals surface area contributed by atoms with E-state index in [2.05, 4.69) is 42.4 Å². The minimum atomic E-state index is 0.840. The summed E-state index contributed by atoms with van der Waals surface area (Å²) in [6.07, 6.45) is 2.15. The van der Waals surface area contributed by atoms with Crippen LogP contribution >= 0.6 is 12.0 Å². The van der Waals surface area contributed by atoms with Crippen molar-refractivity contribution in [3.63, 3.8) is 0 Å². The van der Waals surface area contributed by atoms with Crippen LogP contribution in [0.25, 0.3) is 0 Å². The van der Waals surface area contributed by atoms with Crippen molar-refractivity contribution in [2.24, 2.45) is 5.90 Å². The van der Waals surface area contributed by atoms with Crippen molar-refractivity contribution in [1.29, 1.82) is 0 Å². The monoisotopic (exact) mass is 290 g/mol. The lowest BCUT2D eigenvalue weighted by atomic mass is 10.2. The van der Waals surface area contributed by atoms with Crippen LogP contribution in [0.15, 0.2) is 53.4 Å². The fourth-order valence-corrected chi connectivity index (χ4v) is 1.95. The molecule has 0 amide bonds. The van der Waals surface area contributed by atoms with Gasteiger partial charge < -0.3 is 5.73 Å². The minimum Gasteiger partial charge on any atom is -0.399 e. The Morgan fingerprint density at radius 1 is 0.850 bits per heavy atom. The van der Waals surface area contributed by atoms with Crippen LogP contribution in [0.5, 0.6) is 0 Å². The molecule has 4 heteroatoms. The molecule has 2 aromatic rings. The summed E-state index contributed by atoms with van der Waals surface area (Å²) in [5, 5.41) is 0. The molecule has 0 saturated carbocycles. The number of hydrogen-bond donors (Lipinski definition) is 2. The van der Waals surface area contributed by atoms with E-state index in [9.17, 15) is 0 Å². The highest BCUT2D eigenvalue weighted by molar-refractivity contribution is 7.94. The zero-order valence-corrected chi connectivity index (χ0v) is 12.8. The van der Waals surface area contributed by atoms with Gasteiger partial charge in [-0.05, 0) is 48.2 Å². The fraction of sp³-hybridized carbons (Fsp3) is 0.250. The molecule has 4 N–H and O–H groups in total. The van der Waals surface area contributed by atoms with Crippen LogP contribution in [0.2, 0.25) is 0 Å². The molecule has 2 aromatic carbocycles. The molecule has 0 fully saturated rings. The van der Waals surface area contributed by atoms with Crippen LogP contribution in [-0.2, 0) is 17.1 Å². The SMILES string of the molecule is CCc1ccc(N)cc1.CCc1ccc(SON)cc1. The first-order chi connectivity index (χ1) is 9.69. The van der Waals surface area contributed by atoms with Gasteiger partial charge in [0.15, 0.2) is 0 Å². The summed E-state index contributed by atoms with van der Waals surface area (Å²) < 4.78 is 4.42. The number of hydrogen-bond acceptors (Lipinski definition) is 4. The van der Waals surface area contributed by atoms with E-state index in [1.807, 2.05) is 24.3 Å². The lowest BCUT2D eigenvalue weighted by molar-refractivity contribution is 0.398. The Labute approximate surface area is 125 Å². The molecule has 0 atom stereocenters. The predicted octanol–water partition coefficient (Wildman–Crippen LogP) is 3.98. The molecule has 0 heterocycles. The maximum absolute atomic E-state index is 5.48. The van der Waals surface area contributed by atoms with Crippen LogP contribution in [0, 0.1) is 0 Å². The van der Waals surface area contributed by atoms with Crippen molar-refractivity contribution >= 4 is 17.7 Å². The first-order valence-electron chi connectivity index (χ1n) is 6.66. The molecular formula is C16H22N2OS. The Morgan fingerprint density at radius 2 is 1.30 bits per heavy atom. The van der Waals surface area contributed by atoms with Crippen molar-refractivity contribution in [3.05, 3.63) is 59.7 Å². The molecular weight excluding hydrogens is 268 g/mol. The lowest BCUT2D eigenvalue weighted by Gasteiger charge is -1.98. The van der Waals surface area contributed by atoms with Gasteiger partial charge in [-0.25, -0.2) is 10.2 Å². The molecule has 0 radical (unpaired) electrons. The quantitative estimate of drug-likeness (QED) is 0.508. The van der Waals surface area contributed by atoms with Crippen molar-refractivity contribution in [2.75, 3.05) is 5.73 Å². The van der Waals surface area contributed by atoms with Crippen LogP contribution in [0.4, 0.5) is 5.69 Å². The summed E-state index contributed by atoms with van der Waals surface area (Å²) in [5.74, 6) is 4.89. The maximum atomic E-state index is 5.48. The van der Waals surface area contributed by atoms with E-state index in [4.69, 9.17) is 11.6 Å². The van der Waals surface area contributed by atoms with Gasteiger partial charge in [0.25, 0.3) is 0 Å². The highest BCUT2D eigenvalue weighted by Gasteiger charge is 1.92. The number of rotatable bonds is 4. The van der Waals surface area contributed by atoms with Gasteiger partial charge in [-0.3, -0.25) is 0 Å². The Hall–Kier alpha value is -1.49. The van der Waals surface area contributed by atoms with Crippen molar-refractivity contribution < 1.29 is 4.28 Å². The molecule has 3 nitrogen and oxygen atoms in total. The zero-order chi connectivity index (χ0) is 14.8. The normalized spacial score (nSPS) is 9.75.